The first-order valence-corrected chi connectivity index (χ1v) is 13.5. The highest BCUT2D eigenvalue weighted by atomic mass is 32.2. The standard InChI is InChI=1S/C19H31FN4O4SSi/c1-7-27-17(26)22-16(25)23-29-15-9-8-14(10-21-15)24-11-19(20,12-24)13-28-30(5,6)18(2,3)4/h8-10H,7,11-13H2,1-6H3,(H2,22,23,25,26). The summed E-state index contributed by atoms with van der Waals surface area (Å²) >= 11 is 0.959. The molecule has 1 aliphatic heterocycles. The molecule has 0 aliphatic carbocycles. The zero-order valence-corrected chi connectivity index (χ0v) is 20.2. The summed E-state index contributed by atoms with van der Waals surface area (Å²) in [5.74, 6) is 0. The molecule has 0 spiro atoms. The van der Waals surface area contributed by atoms with Crippen molar-refractivity contribution < 1.29 is 23.1 Å². The third kappa shape index (κ3) is 6.58. The van der Waals surface area contributed by atoms with Gasteiger partial charge in [-0.05, 0) is 37.2 Å². The topological polar surface area (TPSA) is 92.8 Å². The second-order valence-electron chi connectivity index (χ2n) is 8.79. The number of pyridine rings is 1. The van der Waals surface area contributed by atoms with Crippen molar-refractivity contribution in [2.45, 2.75) is 56.5 Å². The summed E-state index contributed by atoms with van der Waals surface area (Å²) in [6.45, 7) is 13.1. The van der Waals surface area contributed by atoms with E-state index in [1.807, 2.05) is 16.3 Å². The van der Waals surface area contributed by atoms with Gasteiger partial charge in [-0.1, -0.05) is 20.8 Å². The number of anilines is 1. The van der Waals surface area contributed by atoms with Crippen molar-refractivity contribution in [1.29, 1.82) is 0 Å². The largest absolute Gasteiger partial charge is 0.450 e. The molecule has 1 aliphatic rings. The lowest BCUT2D eigenvalue weighted by Crippen LogP contribution is -2.63. The molecule has 1 fully saturated rings. The molecule has 2 heterocycles. The number of ether oxygens (including phenoxy) is 1. The van der Waals surface area contributed by atoms with E-state index in [1.54, 1.807) is 19.2 Å². The zero-order valence-electron chi connectivity index (χ0n) is 18.4. The maximum absolute atomic E-state index is 14.9. The summed E-state index contributed by atoms with van der Waals surface area (Å²) in [7, 11) is -1.98. The second-order valence-corrected chi connectivity index (χ2v) is 14.4. The number of carbonyl (C=O) groups excluding carboxylic acids is 2. The predicted octanol–water partition coefficient (Wildman–Crippen LogP) is 4.09. The van der Waals surface area contributed by atoms with E-state index in [0.29, 0.717) is 5.03 Å². The smallest absolute Gasteiger partial charge is 0.415 e. The molecule has 168 valence electrons. The second kappa shape index (κ2) is 9.52. The maximum atomic E-state index is 14.9. The Labute approximate surface area is 182 Å². The number of amides is 3. The Morgan fingerprint density at radius 1 is 1.33 bits per heavy atom. The van der Waals surface area contributed by atoms with Crippen LogP contribution >= 0.6 is 11.9 Å². The first kappa shape index (κ1) is 24.4. The third-order valence-electron chi connectivity index (χ3n) is 5.27. The Hall–Kier alpha value is -1.85. The summed E-state index contributed by atoms with van der Waals surface area (Å²) in [4.78, 5) is 28.9. The highest BCUT2D eigenvalue weighted by Crippen LogP contribution is 2.39. The number of hydrogen-bond donors (Lipinski definition) is 2. The number of carbonyl (C=O) groups is 2. The lowest BCUT2D eigenvalue weighted by Gasteiger charge is -2.47. The summed E-state index contributed by atoms with van der Waals surface area (Å²) in [6, 6.07) is 2.83. The van der Waals surface area contributed by atoms with Gasteiger partial charge in [0.2, 0.25) is 0 Å². The van der Waals surface area contributed by atoms with E-state index in [0.717, 1.165) is 17.6 Å². The van der Waals surface area contributed by atoms with Gasteiger partial charge in [0.1, 0.15) is 5.03 Å². The highest BCUT2D eigenvalue weighted by Gasteiger charge is 2.47. The molecule has 3 amide bonds. The number of rotatable bonds is 7. The molecule has 1 saturated heterocycles. The normalized spacial score (nSPS) is 15.9. The molecule has 0 radical (unpaired) electrons. The van der Waals surface area contributed by atoms with Crippen LogP contribution in [0.15, 0.2) is 23.4 Å². The number of nitrogens with zero attached hydrogens (tertiary/aromatic N) is 2. The van der Waals surface area contributed by atoms with Crippen molar-refractivity contribution in [3.63, 3.8) is 0 Å². The van der Waals surface area contributed by atoms with Crippen LogP contribution in [0.3, 0.4) is 0 Å². The quantitative estimate of drug-likeness (QED) is 0.469. The first-order chi connectivity index (χ1) is 13.9. The van der Waals surface area contributed by atoms with E-state index in [4.69, 9.17) is 4.43 Å². The number of nitrogens with one attached hydrogen (secondary N) is 2. The molecule has 8 nitrogen and oxygen atoms in total. The van der Waals surface area contributed by atoms with Crippen LogP contribution in [0, 0.1) is 0 Å². The van der Waals surface area contributed by atoms with Crippen molar-refractivity contribution in [3.8, 4) is 0 Å². The first-order valence-electron chi connectivity index (χ1n) is 9.80. The summed E-state index contributed by atoms with van der Waals surface area (Å²) in [5, 5.41) is 2.60. The minimum absolute atomic E-state index is 0.0471. The molecule has 11 heteroatoms. The number of aromatic nitrogens is 1. The average molecular weight is 459 g/mol. The molecular weight excluding hydrogens is 427 g/mol. The van der Waals surface area contributed by atoms with Gasteiger partial charge in [-0.25, -0.2) is 24.3 Å². The lowest BCUT2D eigenvalue weighted by molar-refractivity contribution is 0.0496. The van der Waals surface area contributed by atoms with Crippen LogP contribution in [-0.2, 0) is 9.16 Å². The van der Waals surface area contributed by atoms with Gasteiger partial charge in [0.25, 0.3) is 0 Å². The van der Waals surface area contributed by atoms with Crippen molar-refractivity contribution >= 4 is 38.1 Å². The van der Waals surface area contributed by atoms with E-state index < -0.39 is 26.1 Å². The molecule has 0 saturated carbocycles. The Balaban J connectivity index is 1.79. The van der Waals surface area contributed by atoms with Crippen LogP contribution < -0.4 is 14.9 Å². The van der Waals surface area contributed by atoms with Crippen LogP contribution in [0.4, 0.5) is 19.7 Å². The van der Waals surface area contributed by atoms with Crippen molar-refractivity contribution in [2.24, 2.45) is 0 Å². The van der Waals surface area contributed by atoms with Crippen LogP contribution in [0.25, 0.3) is 0 Å². The Bertz CT molecular complexity index is 752. The lowest BCUT2D eigenvalue weighted by atomic mass is 9.97. The molecular formula is C19H31FN4O4SSi. The minimum Gasteiger partial charge on any atom is -0.450 e. The number of urea groups is 1. The molecule has 1 aromatic rings. The van der Waals surface area contributed by atoms with Gasteiger partial charge >= 0.3 is 12.1 Å². The van der Waals surface area contributed by atoms with Crippen molar-refractivity contribution in [3.05, 3.63) is 18.3 Å². The fourth-order valence-corrected chi connectivity index (χ4v) is 3.98. The molecule has 0 unspecified atom stereocenters. The molecule has 30 heavy (non-hydrogen) atoms. The van der Waals surface area contributed by atoms with Gasteiger partial charge in [-0.2, -0.15) is 0 Å². The average Bonchev–Trinajstić information content (AvgIpc) is 2.62. The molecule has 1 aromatic heterocycles. The molecule has 0 aromatic carbocycles. The number of alkyl halides is 1. The zero-order chi connectivity index (χ0) is 22.6. The molecule has 2 N–H and O–H groups in total. The van der Waals surface area contributed by atoms with Crippen LogP contribution in [0.5, 0.6) is 0 Å². The summed E-state index contributed by atoms with van der Waals surface area (Å²) < 4.78 is 28.0. The fraction of sp³-hybridized carbons (Fsp3) is 0.632. The monoisotopic (exact) mass is 458 g/mol. The van der Waals surface area contributed by atoms with Crippen molar-refractivity contribution in [2.75, 3.05) is 31.2 Å². The maximum Gasteiger partial charge on any atom is 0.415 e. The van der Waals surface area contributed by atoms with E-state index in [-0.39, 0.29) is 31.3 Å². The summed E-state index contributed by atoms with van der Waals surface area (Å²) in [6.07, 6.45) is 0.811. The van der Waals surface area contributed by atoms with Crippen LogP contribution in [-0.4, -0.2) is 57.4 Å². The molecule has 0 atom stereocenters. The number of imide groups is 1. The van der Waals surface area contributed by atoms with E-state index in [2.05, 4.69) is 48.3 Å². The van der Waals surface area contributed by atoms with Gasteiger partial charge in [0, 0.05) is 11.9 Å². The van der Waals surface area contributed by atoms with E-state index in [9.17, 15) is 14.0 Å². The van der Waals surface area contributed by atoms with E-state index >= 15 is 0 Å². The Morgan fingerprint density at radius 3 is 2.53 bits per heavy atom. The third-order valence-corrected chi connectivity index (χ3v) is 10.5. The highest BCUT2D eigenvalue weighted by molar-refractivity contribution is 7.97. The SMILES string of the molecule is CCOC(=O)NC(=O)NSc1ccc(N2CC(F)(CO[Si](C)(C)C(C)(C)C)C2)cn1. The fourth-order valence-electron chi connectivity index (χ4n) is 2.44. The number of hydrogen-bond acceptors (Lipinski definition) is 7. The van der Waals surface area contributed by atoms with Gasteiger partial charge < -0.3 is 14.1 Å². The summed E-state index contributed by atoms with van der Waals surface area (Å²) in [5.41, 5.74) is -0.550. The number of halogens is 1. The van der Waals surface area contributed by atoms with Gasteiger partial charge in [0.15, 0.2) is 14.0 Å². The Morgan fingerprint density at radius 2 is 2.00 bits per heavy atom. The van der Waals surface area contributed by atoms with E-state index in [1.165, 1.54) is 0 Å². The minimum atomic E-state index is -1.98. The van der Waals surface area contributed by atoms with Crippen molar-refractivity contribution in [1.82, 2.24) is 15.0 Å². The number of alkyl carbamates (subject to hydrolysis) is 1. The van der Waals surface area contributed by atoms with Crippen LogP contribution in [0.2, 0.25) is 18.1 Å². The predicted molar refractivity (Wildman–Crippen MR) is 118 cm³/mol. The Kier molecular flexibility index (Phi) is 7.75. The van der Waals surface area contributed by atoms with Gasteiger partial charge in [-0.15, -0.1) is 0 Å². The molecule has 0 bridgehead atoms. The molecule has 2 rings (SSSR count). The van der Waals surface area contributed by atoms with Crippen LogP contribution in [0.1, 0.15) is 27.7 Å². The van der Waals surface area contributed by atoms with Gasteiger partial charge in [0.05, 0.1) is 38.2 Å². The van der Waals surface area contributed by atoms with Gasteiger partial charge in [-0.3, -0.25) is 4.72 Å².